The van der Waals surface area contributed by atoms with Crippen LogP contribution in [0, 0.1) is 5.82 Å². The topological polar surface area (TPSA) is 70.7 Å². The normalized spacial score (nSPS) is 10.1. The first kappa shape index (κ1) is 18.3. The van der Waals surface area contributed by atoms with Crippen LogP contribution in [0.2, 0.25) is 0 Å². The van der Waals surface area contributed by atoms with Crippen LogP contribution in [0.15, 0.2) is 42.5 Å². The van der Waals surface area contributed by atoms with E-state index in [0.717, 1.165) is 11.3 Å². The van der Waals surface area contributed by atoms with Crippen molar-refractivity contribution in [3.05, 3.63) is 53.8 Å². The highest BCUT2D eigenvalue weighted by atomic mass is 19.1. The molecule has 0 bridgehead atoms. The van der Waals surface area contributed by atoms with Crippen molar-refractivity contribution >= 4 is 23.3 Å². The van der Waals surface area contributed by atoms with Crippen molar-refractivity contribution in [1.29, 1.82) is 0 Å². The Morgan fingerprint density at radius 3 is 2.40 bits per heavy atom. The number of nitrogens with zero attached hydrogens (tertiary/aromatic N) is 1. The van der Waals surface area contributed by atoms with Crippen molar-refractivity contribution in [3.63, 3.8) is 0 Å². The number of carbonyl (C=O) groups is 2. The van der Waals surface area contributed by atoms with Gasteiger partial charge in [0.15, 0.2) is 0 Å². The predicted molar refractivity (Wildman–Crippen MR) is 94.2 cm³/mol. The highest BCUT2D eigenvalue weighted by Crippen LogP contribution is 2.20. The molecule has 0 aliphatic rings. The van der Waals surface area contributed by atoms with Crippen LogP contribution in [-0.2, 0) is 11.3 Å². The number of carbonyl (C=O) groups excluding carboxylic acids is 2. The summed E-state index contributed by atoms with van der Waals surface area (Å²) in [5.41, 5.74) is 1.31. The summed E-state index contributed by atoms with van der Waals surface area (Å²) < 4.78 is 19.0. The maximum absolute atomic E-state index is 13.9. The van der Waals surface area contributed by atoms with E-state index in [1.54, 1.807) is 26.3 Å². The standard InChI is InChI=1S/C18H20FN3O3/c1-12(23)20-14-6-9-16(19)17(10-14)21-18(24)22(2)11-13-4-7-15(25-3)8-5-13/h4-10H,11H2,1-3H3,(H,20,23)(H,21,24). The molecule has 7 heteroatoms. The number of benzene rings is 2. The van der Waals surface area contributed by atoms with Crippen molar-refractivity contribution in [1.82, 2.24) is 4.90 Å². The summed E-state index contributed by atoms with van der Waals surface area (Å²) in [6.45, 7) is 1.70. The second kappa shape index (κ2) is 8.14. The van der Waals surface area contributed by atoms with Gasteiger partial charge in [-0.05, 0) is 35.9 Å². The van der Waals surface area contributed by atoms with Crippen molar-refractivity contribution in [2.75, 3.05) is 24.8 Å². The Morgan fingerprint density at radius 2 is 1.80 bits per heavy atom. The molecular formula is C18H20FN3O3. The van der Waals surface area contributed by atoms with E-state index in [1.807, 2.05) is 12.1 Å². The minimum absolute atomic E-state index is 0.00201. The monoisotopic (exact) mass is 345 g/mol. The summed E-state index contributed by atoms with van der Waals surface area (Å²) >= 11 is 0. The molecule has 0 saturated heterocycles. The Labute approximate surface area is 145 Å². The molecule has 0 heterocycles. The van der Waals surface area contributed by atoms with E-state index in [9.17, 15) is 14.0 Å². The molecule has 0 spiro atoms. The SMILES string of the molecule is COc1ccc(CN(C)C(=O)Nc2cc(NC(C)=O)ccc2F)cc1. The van der Waals surface area contributed by atoms with Gasteiger partial charge in [0.1, 0.15) is 11.6 Å². The number of halogens is 1. The summed E-state index contributed by atoms with van der Waals surface area (Å²) in [7, 11) is 3.19. The first-order valence-corrected chi connectivity index (χ1v) is 7.61. The lowest BCUT2D eigenvalue weighted by Gasteiger charge is -2.19. The molecule has 6 nitrogen and oxygen atoms in total. The van der Waals surface area contributed by atoms with Gasteiger partial charge in [0.2, 0.25) is 5.91 Å². The van der Waals surface area contributed by atoms with Crippen LogP contribution in [0.1, 0.15) is 12.5 Å². The van der Waals surface area contributed by atoms with Gasteiger partial charge >= 0.3 is 6.03 Å². The first-order valence-electron chi connectivity index (χ1n) is 7.61. The largest absolute Gasteiger partial charge is 0.497 e. The molecule has 2 aromatic rings. The molecule has 0 aliphatic carbocycles. The van der Waals surface area contributed by atoms with Crippen LogP contribution in [0.5, 0.6) is 5.75 Å². The van der Waals surface area contributed by atoms with E-state index in [-0.39, 0.29) is 11.6 Å². The highest BCUT2D eigenvalue weighted by Gasteiger charge is 2.13. The zero-order valence-corrected chi connectivity index (χ0v) is 14.3. The lowest BCUT2D eigenvalue weighted by molar-refractivity contribution is -0.114. The van der Waals surface area contributed by atoms with Gasteiger partial charge in [-0.15, -0.1) is 0 Å². The fourth-order valence-electron chi connectivity index (χ4n) is 2.19. The van der Waals surface area contributed by atoms with Gasteiger partial charge in [0.25, 0.3) is 0 Å². The van der Waals surface area contributed by atoms with Crippen LogP contribution >= 0.6 is 0 Å². The molecule has 0 fully saturated rings. The molecule has 2 N–H and O–H groups in total. The summed E-state index contributed by atoms with van der Waals surface area (Å²) in [5, 5.41) is 5.05. The Morgan fingerprint density at radius 1 is 1.12 bits per heavy atom. The number of nitrogens with one attached hydrogen (secondary N) is 2. The number of methoxy groups -OCH3 is 1. The van der Waals surface area contributed by atoms with Crippen LogP contribution in [0.4, 0.5) is 20.6 Å². The minimum Gasteiger partial charge on any atom is -0.497 e. The second-order valence-corrected chi connectivity index (χ2v) is 5.51. The number of rotatable bonds is 5. The third-order valence-corrected chi connectivity index (χ3v) is 3.45. The van der Waals surface area contributed by atoms with E-state index in [2.05, 4.69) is 10.6 Å². The molecule has 25 heavy (non-hydrogen) atoms. The number of ether oxygens (including phenoxy) is 1. The van der Waals surface area contributed by atoms with Gasteiger partial charge < -0.3 is 20.3 Å². The molecule has 0 atom stereocenters. The molecule has 0 unspecified atom stereocenters. The molecule has 3 amide bonds. The van der Waals surface area contributed by atoms with Gasteiger partial charge in [-0.25, -0.2) is 9.18 Å². The number of amides is 3. The van der Waals surface area contributed by atoms with E-state index >= 15 is 0 Å². The van der Waals surface area contributed by atoms with Crippen LogP contribution in [-0.4, -0.2) is 31.0 Å². The fraction of sp³-hybridized carbons (Fsp3) is 0.222. The number of hydrogen-bond acceptors (Lipinski definition) is 3. The Bertz CT molecular complexity index is 763. The third kappa shape index (κ3) is 5.20. The van der Waals surface area contributed by atoms with Crippen molar-refractivity contribution in [2.45, 2.75) is 13.5 Å². The van der Waals surface area contributed by atoms with Gasteiger partial charge in [-0.3, -0.25) is 4.79 Å². The van der Waals surface area contributed by atoms with E-state index in [4.69, 9.17) is 4.74 Å². The van der Waals surface area contributed by atoms with Crippen LogP contribution in [0.3, 0.4) is 0 Å². The minimum atomic E-state index is -0.583. The average molecular weight is 345 g/mol. The summed E-state index contributed by atoms with van der Waals surface area (Å²) in [6.07, 6.45) is 0. The van der Waals surface area contributed by atoms with Crippen molar-refractivity contribution in [2.24, 2.45) is 0 Å². The van der Waals surface area contributed by atoms with Crippen LogP contribution in [0.25, 0.3) is 0 Å². The first-order chi connectivity index (χ1) is 11.9. The predicted octanol–water partition coefficient (Wildman–Crippen LogP) is 3.46. The number of hydrogen-bond donors (Lipinski definition) is 2. The number of anilines is 2. The number of urea groups is 1. The zero-order valence-electron chi connectivity index (χ0n) is 14.3. The molecule has 0 aliphatic heterocycles. The van der Waals surface area contributed by atoms with E-state index in [0.29, 0.717) is 12.2 Å². The fourth-order valence-corrected chi connectivity index (χ4v) is 2.19. The van der Waals surface area contributed by atoms with Gasteiger partial charge in [0.05, 0.1) is 12.8 Å². The summed E-state index contributed by atoms with van der Waals surface area (Å²) in [5.74, 6) is -0.131. The smallest absolute Gasteiger partial charge is 0.321 e. The maximum Gasteiger partial charge on any atom is 0.321 e. The quantitative estimate of drug-likeness (QED) is 0.872. The Hall–Kier alpha value is -3.09. The Kier molecular flexibility index (Phi) is 5.94. The van der Waals surface area contributed by atoms with Gasteiger partial charge in [0, 0.05) is 26.2 Å². The van der Waals surface area contributed by atoms with Gasteiger partial charge in [-0.1, -0.05) is 12.1 Å². The molecule has 0 saturated carbocycles. The van der Waals surface area contributed by atoms with Crippen molar-refractivity contribution < 1.29 is 18.7 Å². The molecule has 132 valence electrons. The summed E-state index contributed by atoms with van der Waals surface area (Å²) in [4.78, 5) is 24.8. The lowest BCUT2D eigenvalue weighted by atomic mass is 10.2. The lowest BCUT2D eigenvalue weighted by Crippen LogP contribution is -2.31. The zero-order chi connectivity index (χ0) is 18.4. The maximum atomic E-state index is 13.9. The van der Waals surface area contributed by atoms with Crippen molar-refractivity contribution in [3.8, 4) is 5.75 Å². The third-order valence-electron chi connectivity index (χ3n) is 3.45. The van der Waals surface area contributed by atoms with E-state index < -0.39 is 11.8 Å². The summed E-state index contributed by atoms with van der Waals surface area (Å²) in [6, 6.07) is 10.8. The second-order valence-electron chi connectivity index (χ2n) is 5.51. The van der Waals surface area contributed by atoms with Gasteiger partial charge in [-0.2, -0.15) is 0 Å². The Balaban J connectivity index is 2.03. The van der Waals surface area contributed by atoms with Crippen LogP contribution < -0.4 is 15.4 Å². The van der Waals surface area contributed by atoms with E-state index in [1.165, 1.54) is 30.0 Å². The molecule has 2 rings (SSSR count). The molecule has 0 radical (unpaired) electrons. The molecule has 0 aromatic heterocycles. The highest BCUT2D eigenvalue weighted by molar-refractivity contribution is 5.92. The average Bonchev–Trinajstić information content (AvgIpc) is 2.58. The molecule has 2 aromatic carbocycles. The molecular weight excluding hydrogens is 325 g/mol.